The number of amides is 2. The second-order valence-corrected chi connectivity index (χ2v) is 9.41. The molecule has 1 aromatic rings. The number of nitrogens with zero attached hydrogens (tertiary/aromatic N) is 2. The first-order valence-electron chi connectivity index (χ1n) is 11.7. The van der Waals surface area contributed by atoms with Crippen molar-refractivity contribution in [1.29, 1.82) is 0 Å². The number of nitrogens with one attached hydrogen (secondary N) is 2. The van der Waals surface area contributed by atoms with Crippen LogP contribution in [0.2, 0.25) is 0 Å². The molecule has 1 aromatic carbocycles. The Morgan fingerprint density at radius 1 is 1.26 bits per heavy atom. The Hall–Kier alpha value is -2.15. The maximum Gasteiger partial charge on any atom is 0.243 e. The number of benzene rings is 1. The van der Waals surface area contributed by atoms with Gasteiger partial charge in [0.05, 0.1) is 0 Å². The van der Waals surface area contributed by atoms with E-state index >= 15 is 0 Å². The zero-order valence-corrected chi connectivity index (χ0v) is 18.9. The van der Waals surface area contributed by atoms with Gasteiger partial charge >= 0.3 is 0 Å². The van der Waals surface area contributed by atoms with Gasteiger partial charge in [0.25, 0.3) is 0 Å². The molecule has 6 nitrogen and oxygen atoms in total. The number of carbonyl (C=O) groups excluding carboxylic acids is 2. The molecule has 1 saturated carbocycles. The van der Waals surface area contributed by atoms with Crippen LogP contribution in [0.15, 0.2) is 12.1 Å². The molecular weight excluding hydrogens is 395 g/mol. The molecule has 0 radical (unpaired) electrons. The zero-order valence-electron chi connectivity index (χ0n) is 18.9. The molecule has 1 aliphatic carbocycles. The van der Waals surface area contributed by atoms with E-state index in [9.17, 15) is 14.0 Å². The van der Waals surface area contributed by atoms with Crippen molar-refractivity contribution in [3.8, 4) is 0 Å². The number of piperazine rings is 1. The standard InChI is InChI=1S/C24H35FN4O2/c1-4-18-14-28(10-11-29(18)16(3)30)19-7-5-6-17(12-19)26-24(31)22-13-20-21(25)9-8-15(2)23(20)27-22/h8-9,17-19,22,27H,4-7,10-14H2,1-3H3,(H,26,31)/t17-,18+,19+,22?/m1/s1. The molecule has 0 bridgehead atoms. The quantitative estimate of drug-likeness (QED) is 0.771. The normalized spacial score (nSPS) is 28.7. The second kappa shape index (κ2) is 9.15. The van der Waals surface area contributed by atoms with Crippen molar-refractivity contribution in [2.75, 3.05) is 25.0 Å². The molecule has 0 spiro atoms. The highest BCUT2D eigenvalue weighted by atomic mass is 19.1. The van der Waals surface area contributed by atoms with Gasteiger partial charge in [0.15, 0.2) is 0 Å². The predicted molar refractivity (Wildman–Crippen MR) is 119 cm³/mol. The lowest BCUT2D eigenvalue weighted by Crippen LogP contribution is -2.58. The number of rotatable bonds is 4. The summed E-state index contributed by atoms with van der Waals surface area (Å²) in [5, 5.41) is 6.48. The van der Waals surface area contributed by atoms with E-state index in [-0.39, 0.29) is 29.7 Å². The summed E-state index contributed by atoms with van der Waals surface area (Å²) in [5.41, 5.74) is 2.37. The maximum absolute atomic E-state index is 14.2. The Kier molecular flexibility index (Phi) is 6.51. The van der Waals surface area contributed by atoms with Crippen molar-refractivity contribution in [1.82, 2.24) is 15.1 Å². The molecule has 2 heterocycles. The first-order chi connectivity index (χ1) is 14.9. The molecule has 2 N–H and O–H groups in total. The highest BCUT2D eigenvalue weighted by Crippen LogP contribution is 2.32. The molecule has 2 aliphatic heterocycles. The molecule has 2 amide bonds. The van der Waals surface area contributed by atoms with Gasteiger partial charge in [0.2, 0.25) is 11.8 Å². The summed E-state index contributed by atoms with van der Waals surface area (Å²) in [7, 11) is 0. The van der Waals surface area contributed by atoms with Crippen molar-refractivity contribution in [3.05, 3.63) is 29.1 Å². The van der Waals surface area contributed by atoms with Gasteiger partial charge in [-0.05, 0) is 50.7 Å². The van der Waals surface area contributed by atoms with E-state index in [2.05, 4.69) is 22.5 Å². The second-order valence-electron chi connectivity index (χ2n) is 9.41. The average molecular weight is 431 g/mol. The van der Waals surface area contributed by atoms with Crippen molar-refractivity contribution < 1.29 is 14.0 Å². The number of hydrogen-bond acceptors (Lipinski definition) is 4. The Morgan fingerprint density at radius 2 is 2.06 bits per heavy atom. The van der Waals surface area contributed by atoms with Crippen LogP contribution in [0.1, 0.15) is 57.1 Å². The third-order valence-electron chi connectivity index (χ3n) is 7.41. The third kappa shape index (κ3) is 4.56. The summed E-state index contributed by atoms with van der Waals surface area (Å²) in [6.07, 6.45) is 5.52. The lowest BCUT2D eigenvalue weighted by Gasteiger charge is -2.46. The van der Waals surface area contributed by atoms with Crippen LogP contribution in [0.4, 0.5) is 10.1 Å². The molecule has 3 aliphatic rings. The molecule has 4 atom stereocenters. The smallest absolute Gasteiger partial charge is 0.243 e. The van der Waals surface area contributed by atoms with Crippen molar-refractivity contribution in [3.63, 3.8) is 0 Å². The van der Waals surface area contributed by atoms with Gasteiger partial charge in [0.1, 0.15) is 11.9 Å². The van der Waals surface area contributed by atoms with Gasteiger partial charge in [-0.25, -0.2) is 4.39 Å². The van der Waals surface area contributed by atoms with Gasteiger partial charge < -0.3 is 15.5 Å². The highest BCUT2D eigenvalue weighted by Gasteiger charge is 2.35. The minimum atomic E-state index is -0.408. The first kappa shape index (κ1) is 22.1. The van der Waals surface area contributed by atoms with E-state index in [0.29, 0.717) is 18.0 Å². The maximum atomic E-state index is 14.2. The summed E-state index contributed by atoms with van der Waals surface area (Å²) in [6, 6.07) is 3.69. The summed E-state index contributed by atoms with van der Waals surface area (Å²) in [6.45, 7) is 8.35. The summed E-state index contributed by atoms with van der Waals surface area (Å²) < 4.78 is 14.2. The summed E-state index contributed by atoms with van der Waals surface area (Å²) in [4.78, 5) is 29.4. The average Bonchev–Trinajstić information content (AvgIpc) is 3.23. The SMILES string of the molecule is CC[C@H]1CN([C@H]2CCC[C@@H](NC(=O)C3Cc4c(F)ccc(C)c4N3)C2)CCN1C(C)=O. The van der Waals surface area contributed by atoms with E-state index in [4.69, 9.17) is 0 Å². The van der Waals surface area contributed by atoms with Crippen LogP contribution in [-0.2, 0) is 16.0 Å². The first-order valence-corrected chi connectivity index (χ1v) is 11.7. The van der Waals surface area contributed by atoms with E-state index in [1.165, 1.54) is 6.07 Å². The molecule has 2 fully saturated rings. The monoisotopic (exact) mass is 430 g/mol. The fourth-order valence-electron chi connectivity index (χ4n) is 5.63. The number of fused-ring (bicyclic) bond motifs is 1. The number of carbonyl (C=O) groups is 2. The molecule has 1 saturated heterocycles. The van der Waals surface area contributed by atoms with Crippen LogP contribution < -0.4 is 10.6 Å². The van der Waals surface area contributed by atoms with Crippen molar-refractivity contribution >= 4 is 17.5 Å². The van der Waals surface area contributed by atoms with Crippen molar-refractivity contribution in [2.24, 2.45) is 0 Å². The topological polar surface area (TPSA) is 64.7 Å². The largest absolute Gasteiger partial charge is 0.373 e. The summed E-state index contributed by atoms with van der Waals surface area (Å²) >= 11 is 0. The van der Waals surface area contributed by atoms with E-state index in [1.807, 2.05) is 11.8 Å². The van der Waals surface area contributed by atoms with Crippen molar-refractivity contribution in [2.45, 2.75) is 83.5 Å². The molecule has 31 heavy (non-hydrogen) atoms. The van der Waals surface area contributed by atoms with E-state index in [1.54, 1.807) is 13.0 Å². The fourth-order valence-corrected chi connectivity index (χ4v) is 5.63. The fraction of sp³-hybridized carbons (Fsp3) is 0.667. The highest BCUT2D eigenvalue weighted by molar-refractivity contribution is 5.88. The van der Waals surface area contributed by atoms with Crippen LogP contribution in [-0.4, -0.2) is 65.4 Å². The Morgan fingerprint density at radius 3 is 2.77 bits per heavy atom. The molecule has 170 valence electrons. The Balaban J connectivity index is 1.33. The van der Waals surface area contributed by atoms with Gasteiger partial charge in [-0.3, -0.25) is 14.5 Å². The number of halogens is 1. The van der Waals surface area contributed by atoms with Crippen LogP contribution >= 0.6 is 0 Å². The lowest BCUT2D eigenvalue weighted by atomic mass is 9.88. The van der Waals surface area contributed by atoms with Crippen LogP contribution in [0.25, 0.3) is 0 Å². The minimum absolute atomic E-state index is 0.0338. The van der Waals surface area contributed by atoms with Gasteiger partial charge in [-0.2, -0.15) is 0 Å². The van der Waals surface area contributed by atoms with E-state index < -0.39 is 6.04 Å². The van der Waals surface area contributed by atoms with Crippen LogP contribution in [0, 0.1) is 12.7 Å². The Labute approximate surface area is 184 Å². The molecule has 1 unspecified atom stereocenters. The molecule has 7 heteroatoms. The summed E-state index contributed by atoms with van der Waals surface area (Å²) in [5.74, 6) is -0.109. The predicted octanol–water partition coefficient (Wildman–Crippen LogP) is 2.84. The molecule has 0 aromatic heterocycles. The molecular formula is C24H35FN4O2. The Bertz CT molecular complexity index is 814. The van der Waals surface area contributed by atoms with Gasteiger partial charge in [-0.1, -0.05) is 13.0 Å². The van der Waals surface area contributed by atoms with Gasteiger partial charge in [0, 0.05) is 62.4 Å². The third-order valence-corrected chi connectivity index (χ3v) is 7.41. The number of aryl methyl sites for hydroxylation is 1. The van der Waals surface area contributed by atoms with Crippen LogP contribution in [0.5, 0.6) is 0 Å². The lowest BCUT2D eigenvalue weighted by molar-refractivity contribution is -0.134. The number of hydrogen-bond donors (Lipinski definition) is 2. The number of anilines is 1. The van der Waals surface area contributed by atoms with E-state index in [0.717, 1.165) is 63.0 Å². The molecule has 4 rings (SSSR count). The minimum Gasteiger partial charge on any atom is -0.373 e. The zero-order chi connectivity index (χ0) is 22.1. The van der Waals surface area contributed by atoms with Crippen LogP contribution in [0.3, 0.4) is 0 Å². The van der Waals surface area contributed by atoms with Gasteiger partial charge in [-0.15, -0.1) is 0 Å².